The average molecular weight is 396 g/mol. The normalized spacial score (nSPS) is 10.5. The predicted octanol–water partition coefficient (Wildman–Crippen LogP) is 4.98. The molecule has 3 rings (SSSR count). The standard InChI is InChI=1S/C22H18ClNO4/c23-18-13-16(10-11-20(18)25)15-8-5-14(6-9-15)7-12-21(26)24-19-4-2-1-3-17(19)22(27)28/h1-6,8-11,13,25H,7,12H2,(H,24,26)(H,27,28). The molecule has 0 heterocycles. The van der Waals surface area contributed by atoms with Gasteiger partial charge >= 0.3 is 5.97 Å². The first kappa shape index (κ1) is 19.5. The summed E-state index contributed by atoms with van der Waals surface area (Å²) in [6.07, 6.45) is 0.760. The highest BCUT2D eigenvalue weighted by Gasteiger charge is 2.11. The van der Waals surface area contributed by atoms with E-state index >= 15 is 0 Å². The minimum Gasteiger partial charge on any atom is -0.506 e. The van der Waals surface area contributed by atoms with E-state index in [0.29, 0.717) is 17.1 Å². The smallest absolute Gasteiger partial charge is 0.337 e. The lowest BCUT2D eigenvalue weighted by Gasteiger charge is -2.09. The molecule has 0 aliphatic heterocycles. The van der Waals surface area contributed by atoms with Gasteiger partial charge in [0.25, 0.3) is 0 Å². The number of hydrogen-bond donors (Lipinski definition) is 3. The summed E-state index contributed by atoms with van der Waals surface area (Å²) < 4.78 is 0. The second-order valence-corrected chi connectivity index (χ2v) is 6.67. The minimum atomic E-state index is -1.08. The number of carbonyl (C=O) groups excluding carboxylic acids is 1. The number of benzene rings is 3. The van der Waals surface area contributed by atoms with Crippen LogP contribution in [0.5, 0.6) is 5.75 Å². The molecule has 0 fully saturated rings. The van der Waals surface area contributed by atoms with Crippen molar-refractivity contribution in [2.24, 2.45) is 0 Å². The Kier molecular flexibility index (Phi) is 5.96. The lowest BCUT2D eigenvalue weighted by molar-refractivity contribution is -0.116. The largest absolute Gasteiger partial charge is 0.506 e. The van der Waals surface area contributed by atoms with Crippen molar-refractivity contribution in [2.45, 2.75) is 12.8 Å². The topological polar surface area (TPSA) is 86.6 Å². The molecule has 3 N–H and O–H groups in total. The summed E-state index contributed by atoms with van der Waals surface area (Å²) in [5.41, 5.74) is 3.17. The van der Waals surface area contributed by atoms with Gasteiger partial charge in [0.05, 0.1) is 16.3 Å². The Balaban J connectivity index is 1.61. The van der Waals surface area contributed by atoms with Crippen LogP contribution in [-0.2, 0) is 11.2 Å². The highest BCUT2D eigenvalue weighted by Crippen LogP contribution is 2.29. The van der Waals surface area contributed by atoms with Crippen LogP contribution >= 0.6 is 11.6 Å². The van der Waals surface area contributed by atoms with E-state index in [1.807, 2.05) is 24.3 Å². The van der Waals surface area contributed by atoms with E-state index in [-0.39, 0.29) is 23.6 Å². The quantitative estimate of drug-likeness (QED) is 0.549. The van der Waals surface area contributed by atoms with Gasteiger partial charge in [0.2, 0.25) is 5.91 Å². The van der Waals surface area contributed by atoms with Gasteiger partial charge in [-0.2, -0.15) is 0 Å². The zero-order chi connectivity index (χ0) is 20.1. The van der Waals surface area contributed by atoms with Gasteiger partial charge in [-0.1, -0.05) is 54.1 Å². The number of nitrogens with one attached hydrogen (secondary N) is 1. The zero-order valence-corrected chi connectivity index (χ0v) is 15.6. The maximum atomic E-state index is 12.2. The zero-order valence-electron chi connectivity index (χ0n) is 14.9. The number of hydrogen-bond acceptors (Lipinski definition) is 3. The Morgan fingerprint density at radius 1 is 0.929 bits per heavy atom. The van der Waals surface area contributed by atoms with E-state index in [2.05, 4.69) is 5.32 Å². The molecule has 142 valence electrons. The van der Waals surface area contributed by atoms with Gasteiger partial charge in [-0.15, -0.1) is 0 Å². The molecular weight excluding hydrogens is 378 g/mol. The molecule has 0 unspecified atom stereocenters. The fourth-order valence-electron chi connectivity index (χ4n) is 2.80. The Labute approximate surface area is 167 Å². The van der Waals surface area contributed by atoms with Crippen molar-refractivity contribution in [1.82, 2.24) is 0 Å². The molecule has 3 aromatic rings. The van der Waals surface area contributed by atoms with Crippen LogP contribution in [0.1, 0.15) is 22.3 Å². The monoisotopic (exact) mass is 395 g/mol. The van der Waals surface area contributed by atoms with Crippen molar-refractivity contribution in [1.29, 1.82) is 0 Å². The van der Waals surface area contributed by atoms with Gasteiger partial charge in [-0.05, 0) is 47.4 Å². The number of aromatic hydroxyl groups is 1. The van der Waals surface area contributed by atoms with Crippen LogP contribution in [0.2, 0.25) is 5.02 Å². The second kappa shape index (κ2) is 8.59. The van der Waals surface area contributed by atoms with E-state index in [0.717, 1.165) is 16.7 Å². The number of phenolic OH excluding ortho intramolecular Hbond substituents is 1. The van der Waals surface area contributed by atoms with Crippen molar-refractivity contribution in [3.05, 3.63) is 82.9 Å². The number of aryl methyl sites for hydroxylation is 1. The number of halogens is 1. The Morgan fingerprint density at radius 2 is 1.61 bits per heavy atom. The molecule has 0 bridgehead atoms. The van der Waals surface area contributed by atoms with Crippen molar-refractivity contribution >= 4 is 29.2 Å². The number of carboxylic acid groups (broad SMARTS) is 1. The molecular formula is C22H18ClNO4. The van der Waals surface area contributed by atoms with Crippen LogP contribution in [0.15, 0.2) is 66.7 Å². The first-order valence-corrected chi connectivity index (χ1v) is 9.02. The van der Waals surface area contributed by atoms with Crippen molar-refractivity contribution in [3.63, 3.8) is 0 Å². The molecule has 0 atom stereocenters. The summed E-state index contributed by atoms with van der Waals surface area (Å²) in [6, 6.07) is 19.0. The van der Waals surface area contributed by atoms with Crippen molar-refractivity contribution < 1.29 is 19.8 Å². The van der Waals surface area contributed by atoms with Gasteiger partial charge in [0, 0.05) is 6.42 Å². The highest BCUT2D eigenvalue weighted by atomic mass is 35.5. The van der Waals surface area contributed by atoms with E-state index < -0.39 is 5.97 Å². The third-order valence-corrected chi connectivity index (χ3v) is 4.61. The van der Waals surface area contributed by atoms with Crippen LogP contribution in [-0.4, -0.2) is 22.1 Å². The number of phenols is 1. The summed E-state index contributed by atoms with van der Waals surface area (Å²) in [5, 5.41) is 21.6. The first-order chi connectivity index (χ1) is 13.4. The van der Waals surface area contributed by atoms with Gasteiger partial charge in [0.15, 0.2) is 0 Å². The SMILES string of the molecule is O=C(CCc1ccc(-c2ccc(O)c(Cl)c2)cc1)Nc1ccccc1C(=O)O. The molecule has 0 spiro atoms. The number of carboxylic acids is 1. The molecule has 0 aliphatic carbocycles. The fraction of sp³-hybridized carbons (Fsp3) is 0.0909. The van der Waals surface area contributed by atoms with Crippen LogP contribution in [0.3, 0.4) is 0 Å². The fourth-order valence-corrected chi connectivity index (χ4v) is 2.98. The lowest BCUT2D eigenvalue weighted by atomic mass is 10.0. The van der Waals surface area contributed by atoms with E-state index in [1.54, 1.807) is 36.4 Å². The van der Waals surface area contributed by atoms with E-state index in [9.17, 15) is 14.7 Å². The van der Waals surface area contributed by atoms with E-state index in [1.165, 1.54) is 6.07 Å². The molecule has 1 amide bonds. The molecule has 0 radical (unpaired) electrons. The Morgan fingerprint density at radius 3 is 2.29 bits per heavy atom. The van der Waals surface area contributed by atoms with Crippen molar-refractivity contribution in [3.8, 4) is 16.9 Å². The van der Waals surface area contributed by atoms with Crippen LogP contribution < -0.4 is 5.32 Å². The molecule has 6 heteroatoms. The molecule has 0 saturated carbocycles. The molecule has 28 heavy (non-hydrogen) atoms. The minimum absolute atomic E-state index is 0.0394. The summed E-state index contributed by atoms with van der Waals surface area (Å²) in [6.45, 7) is 0. The number of aromatic carboxylic acids is 1. The summed E-state index contributed by atoms with van der Waals surface area (Å²) >= 11 is 5.95. The van der Waals surface area contributed by atoms with Crippen molar-refractivity contribution in [2.75, 3.05) is 5.32 Å². The van der Waals surface area contributed by atoms with Gasteiger partial charge in [-0.3, -0.25) is 4.79 Å². The molecule has 0 aliphatic rings. The molecule has 3 aromatic carbocycles. The number of anilines is 1. The molecule has 0 saturated heterocycles. The third kappa shape index (κ3) is 4.69. The predicted molar refractivity (Wildman–Crippen MR) is 109 cm³/mol. The Hall–Kier alpha value is -3.31. The van der Waals surface area contributed by atoms with Gasteiger partial charge in [0.1, 0.15) is 5.75 Å². The number of rotatable bonds is 6. The third-order valence-electron chi connectivity index (χ3n) is 4.31. The van der Waals surface area contributed by atoms with Crippen LogP contribution in [0.4, 0.5) is 5.69 Å². The van der Waals surface area contributed by atoms with Crippen LogP contribution in [0, 0.1) is 0 Å². The van der Waals surface area contributed by atoms with Gasteiger partial charge in [-0.25, -0.2) is 4.79 Å². The summed E-state index contributed by atoms with van der Waals surface area (Å²) in [4.78, 5) is 23.4. The highest BCUT2D eigenvalue weighted by molar-refractivity contribution is 6.32. The number of amides is 1. The summed E-state index contributed by atoms with van der Waals surface area (Å²) in [5.74, 6) is -1.29. The van der Waals surface area contributed by atoms with Crippen LogP contribution in [0.25, 0.3) is 11.1 Å². The average Bonchev–Trinajstić information content (AvgIpc) is 2.69. The van der Waals surface area contributed by atoms with Gasteiger partial charge < -0.3 is 15.5 Å². The maximum Gasteiger partial charge on any atom is 0.337 e. The Bertz CT molecular complexity index is 1020. The number of para-hydroxylation sites is 1. The second-order valence-electron chi connectivity index (χ2n) is 6.26. The molecule has 5 nitrogen and oxygen atoms in total. The number of carbonyl (C=O) groups is 2. The summed E-state index contributed by atoms with van der Waals surface area (Å²) in [7, 11) is 0. The molecule has 0 aromatic heterocycles. The van der Waals surface area contributed by atoms with E-state index in [4.69, 9.17) is 16.7 Å². The maximum absolute atomic E-state index is 12.2. The lowest BCUT2D eigenvalue weighted by Crippen LogP contribution is -2.15. The first-order valence-electron chi connectivity index (χ1n) is 8.64.